The Morgan fingerprint density at radius 3 is 2.82 bits per heavy atom. The highest BCUT2D eigenvalue weighted by Gasteiger charge is 2.15. The first-order chi connectivity index (χ1) is 7.99. The van der Waals surface area contributed by atoms with Gasteiger partial charge in [0.15, 0.2) is 0 Å². The molecule has 1 heterocycles. The maximum atomic E-state index is 10.8. The van der Waals surface area contributed by atoms with E-state index in [0.29, 0.717) is 10.8 Å². The lowest BCUT2D eigenvalue weighted by Gasteiger charge is -2.11. The highest BCUT2D eigenvalue weighted by Crippen LogP contribution is 2.24. The molecule has 2 rings (SSSR count). The van der Waals surface area contributed by atoms with Crippen LogP contribution in [-0.4, -0.2) is 20.6 Å². The van der Waals surface area contributed by atoms with E-state index < -0.39 is 5.97 Å². The van der Waals surface area contributed by atoms with Crippen LogP contribution in [0.4, 0.5) is 0 Å². The van der Waals surface area contributed by atoms with Crippen molar-refractivity contribution in [3.05, 3.63) is 29.0 Å². The topological polar surface area (TPSA) is 55.1 Å². The van der Waals surface area contributed by atoms with Crippen molar-refractivity contribution >= 4 is 28.6 Å². The van der Waals surface area contributed by atoms with E-state index in [-0.39, 0.29) is 12.5 Å². The fourth-order valence-corrected chi connectivity index (χ4v) is 2.12. The van der Waals surface area contributed by atoms with Gasteiger partial charge in [-0.1, -0.05) is 11.6 Å². The molecular weight excluding hydrogens is 240 g/mol. The van der Waals surface area contributed by atoms with Gasteiger partial charge in [0.25, 0.3) is 0 Å². The van der Waals surface area contributed by atoms with Crippen LogP contribution in [0.1, 0.15) is 25.7 Å². The van der Waals surface area contributed by atoms with E-state index in [1.54, 1.807) is 12.1 Å². The molecule has 0 spiro atoms. The van der Waals surface area contributed by atoms with Crippen LogP contribution in [0.2, 0.25) is 5.02 Å². The van der Waals surface area contributed by atoms with E-state index in [1.165, 1.54) is 0 Å². The Balaban J connectivity index is 2.65. The number of aromatic nitrogens is 2. The lowest BCUT2D eigenvalue weighted by atomic mass is 10.3. The van der Waals surface area contributed by atoms with Crippen LogP contribution in [0, 0.1) is 0 Å². The van der Waals surface area contributed by atoms with Gasteiger partial charge in [-0.3, -0.25) is 4.79 Å². The minimum Gasteiger partial charge on any atom is -0.481 e. The molecule has 0 unspecified atom stereocenters. The Morgan fingerprint density at radius 1 is 1.53 bits per heavy atom. The molecule has 17 heavy (non-hydrogen) atoms. The first kappa shape index (κ1) is 11.9. The summed E-state index contributed by atoms with van der Waals surface area (Å²) in [6, 6.07) is 5.57. The molecule has 1 aromatic carbocycles. The lowest BCUT2D eigenvalue weighted by molar-refractivity contribution is -0.136. The normalized spacial score (nSPS) is 11.3. The highest BCUT2D eigenvalue weighted by atomic mass is 35.5. The SMILES string of the molecule is CC(C)n1c(CC(=O)O)nc2cc(Cl)ccc21. The Labute approximate surface area is 104 Å². The zero-order valence-corrected chi connectivity index (χ0v) is 10.4. The van der Waals surface area contributed by atoms with Gasteiger partial charge in [-0.2, -0.15) is 0 Å². The Bertz CT molecular complexity index is 575. The summed E-state index contributed by atoms with van der Waals surface area (Å²) in [4.78, 5) is 15.1. The third-order valence-corrected chi connectivity index (χ3v) is 2.79. The van der Waals surface area contributed by atoms with Gasteiger partial charge in [0.05, 0.1) is 11.0 Å². The number of nitrogens with zero attached hydrogens (tertiary/aromatic N) is 2. The summed E-state index contributed by atoms with van der Waals surface area (Å²) in [5.41, 5.74) is 1.66. The average Bonchev–Trinajstić information content (AvgIpc) is 2.53. The molecule has 90 valence electrons. The largest absolute Gasteiger partial charge is 0.481 e. The van der Waals surface area contributed by atoms with Crippen molar-refractivity contribution < 1.29 is 9.90 Å². The molecule has 0 saturated heterocycles. The number of hydrogen-bond acceptors (Lipinski definition) is 2. The number of hydrogen-bond donors (Lipinski definition) is 1. The molecule has 1 N–H and O–H groups in total. The summed E-state index contributed by atoms with van der Waals surface area (Å²) in [5, 5.41) is 9.48. The van der Waals surface area contributed by atoms with Crippen LogP contribution < -0.4 is 0 Å². The number of carboxylic acid groups (broad SMARTS) is 1. The van der Waals surface area contributed by atoms with Gasteiger partial charge in [0.2, 0.25) is 0 Å². The number of aliphatic carboxylic acids is 1. The lowest BCUT2D eigenvalue weighted by Crippen LogP contribution is -2.11. The fourth-order valence-electron chi connectivity index (χ4n) is 1.96. The second-order valence-electron chi connectivity index (χ2n) is 4.20. The molecule has 0 aliphatic carbocycles. The van der Waals surface area contributed by atoms with Gasteiger partial charge < -0.3 is 9.67 Å². The predicted octanol–water partition coefficient (Wildman–Crippen LogP) is 2.90. The van der Waals surface area contributed by atoms with Crippen LogP contribution in [0.25, 0.3) is 11.0 Å². The van der Waals surface area contributed by atoms with E-state index in [1.807, 2.05) is 24.5 Å². The van der Waals surface area contributed by atoms with E-state index in [0.717, 1.165) is 11.0 Å². The summed E-state index contributed by atoms with van der Waals surface area (Å²) in [6.45, 7) is 4.00. The third kappa shape index (κ3) is 2.26. The van der Waals surface area contributed by atoms with E-state index >= 15 is 0 Å². The Hall–Kier alpha value is -1.55. The summed E-state index contributed by atoms with van der Waals surface area (Å²) < 4.78 is 1.93. The van der Waals surface area contributed by atoms with E-state index in [9.17, 15) is 4.79 Å². The molecule has 0 fully saturated rings. The van der Waals surface area contributed by atoms with Crippen molar-refractivity contribution in [3.63, 3.8) is 0 Å². The van der Waals surface area contributed by atoms with Crippen molar-refractivity contribution in [2.45, 2.75) is 26.3 Å². The number of carboxylic acids is 1. The van der Waals surface area contributed by atoms with Gasteiger partial charge in [-0.05, 0) is 32.0 Å². The Morgan fingerprint density at radius 2 is 2.24 bits per heavy atom. The summed E-state index contributed by atoms with van der Waals surface area (Å²) in [7, 11) is 0. The first-order valence-corrected chi connectivity index (χ1v) is 5.75. The molecule has 0 bridgehead atoms. The molecule has 0 saturated carbocycles. The van der Waals surface area contributed by atoms with Crippen molar-refractivity contribution in [2.24, 2.45) is 0 Å². The summed E-state index contributed by atoms with van der Waals surface area (Å²) >= 11 is 5.90. The van der Waals surface area contributed by atoms with Crippen molar-refractivity contribution in [2.75, 3.05) is 0 Å². The highest BCUT2D eigenvalue weighted by molar-refractivity contribution is 6.31. The zero-order valence-electron chi connectivity index (χ0n) is 9.64. The molecule has 0 aliphatic rings. The minimum atomic E-state index is -0.881. The maximum Gasteiger partial charge on any atom is 0.311 e. The molecule has 0 amide bonds. The van der Waals surface area contributed by atoms with Gasteiger partial charge in [-0.15, -0.1) is 0 Å². The van der Waals surface area contributed by atoms with Crippen LogP contribution in [0.15, 0.2) is 18.2 Å². The van der Waals surface area contributed by atoms with Gasteiger partial charge in [0.1, 0.15) is 12.2 Å². The standard InChI is InChI=1S/C12H13ClN2O2/c1-7(2)15-10-4-3-8(13)5-9(10)14-11(15)6-12(16)17/h3-5,7H,6H2,1-2H3,(H,16,17). The number of carbonyl (C=O) groups is 1. The van der Waals surface area contributed by atoms with Crippen molar-refractivity contribution in [3.8, 4) is 0 Å². The molecule has 2 aromatic rings. The van der Waals surface area contributed by atoms with Crippen LogP contribution in [0.5, 0.6) is 0 Å². The summed E-state index contributed by atoms with van der Waals surface area (Å²) in [6.07, 6.45) is -0.0789. The summed E-state index contributed by atoms with van der Waals surface area (Å²) in [5.74, 6) is -0.321. The number of benzene rings is 1. The third-order valence-electron chi connectivity index (χ3n) is 2.55. The van der Waals surface area contributed by atoms with Crippen LogP contribution in [-0.2, 0) is 11.2 Å². The average molecular weight is 253 g/mol. The number of rotatable bonds is 3. The molecule has 0 atom stereocenters. The Kier molecular flexibility index (Phi) is 3.07. The number of fused-ring (bicyclic) bond motifs is 1. The quantitative estimate of drug-likeness (QED) is 0.914. The second kappa shape index (κ2) is 4.37. The molecule has 5 heteroatoms. The second-order valence-corrected chi connectivity index (χ2v) is 4.63. The smallest absolute Gasteiger partial charge is 0.311 e. The molecule has 4 nitrogen and oxygen atoms in total. The predicted molar refractivity (Wildman–Crippen MR) is 66.5 cm³/mol. The van der Waals surface area contributed by atoms with Gasteiger partial charge in [-0.25, -0.2) is 4.98 Å². The molecule has 0 aliphatic heterocycles. The number of imidazole rings is 1. The van der Waals surface area contributed by atoms with Crippen molar-refractivity contribution in [1.29, 1.82) is 0 Å². The van der Waals surface area contributed by atoms with Crippen LogP contribution in [0.3, 0.4) is 0 Å². The van der Waals surface area contributed by atoms with E-state index in [4.69, 9.17) is 16.7 Å². The first-order valence-electron chi connectivity index (χ1n) is 5.37. The minimum absolute atomic E-state index is 0.0789. The zero-order chi connectivity index (χ0) is 12.6. The van der Waals surface area contributed by atoms with Crippen LogP contribution >= 0.6 is 11.6 Å². The molecular formula is C12H13ClN2O2. The molecule has 0 radical (unpaired) electrons. The van der Waals surface area contributed by atoms with E-state index in [2.05, 4.69) is 4.98 Å². The van der Waals surface area contributed by atoms with Crippen molar-refractivity contribution in [1.82, 2.24) is 9.55 Å². The number of halogens is 1. The molecule has 1 aromatic heterocycles. The monoisotopic (exact) mass is 252 g/mol. The van der Waals surface area contributed by atoms with Gasteiger partial charge >= 0.3 is 5.97 Å². The van der Waals surface area contributed by atoms with Gasteiger partial charge in [0, 0.05) is 11.1 Å². The maximum absolute atomic E-state index is 10.8. The fraction of sp³-hybridized carbons (Fsp3) is 0.333.